The molecule has 2 rings (SSSR count). The lowest BCUT2D eigenvalue weighted by Gasteiger charge is -2.16. The van der Waals surface area contributed by atoms with E-state index < -0.39 is 10.0 Å². The number of hydrogen-bond acceptors (Lipinski definition) is 3. The second kappa shape index (κ2) is 6.11. The van der Waals surface area contributed by atoms with Gasteiger partial charge in [0.05, 0.1) is 11.4 Å². The minimum absolute atomic E-state index is 0.124. The van der Waals surface area contributed by atoms with Gasteiger partial charge in [0.2, 0.25) is 15.9 Å². The number of benzene rings is 1. The standard InChI is InChI=1S/C13H17ClN2O3S/c1-16(9-13(17)15-8-10-2-3-10)20(18,19)12-6-4-11(14)5-7-12/h4-7,10H,2-3,8-9H2,1H3,(H,15,17). The van der Waals surface area contributed by atoms with Crippen LogP contribution in [0, 0.1) is 5.92 Å². The van der Waals surface area contributed by atoms with E-state index in [1.807, 2.05) is 0 Å². The maximum absolute atomic E-state index is 12.2. The van der Waals surface area contributed by atoms with Crippen LogP contribution >= 0.6 is 11.6 Å². The number of sulfonamides is 1. The summed E-state index contributed by atoms with van der Waals surface area (Å²) in [4.78, 5) is 11.8. The summed E-state index contributed by atoms with van der Waals surface area (Å²) >= 11 is 5.73. The van der Waals surface area contributed by atoms with Gasteiger partial charge in [-0.25, -0.2) is 8.42 Å². The van der Waals surface area contributed by atoms with Crippen molar-refractivity contribution in [3.8, 4) is 0 Å². The average molecular weight is 317 g/mol. The number of likely N-dealkylation sites (N-methyl/N-ethyl adjacent to an activating group) is 1. The molecule has 1 N–H and O–H groups in total. The van der Waals surface area contributed by atoms with Gasteiger partial charge in [-0.2, -0.15) is 4.31 Å². The highest BCUT2D eigenvalue weighted by Crippen LogP contribution is 2.27. The first-order valence-electron chi connectivity index (χ1n) is 6.38. The van der Waals surface area contributed by atoms with Crippen LogP contribution in [0.1, 0.15) is 12.8 Å². The molecule has 1 amide bonds. The first kappa shape index (κ1) is 15.3. The third kappa shape index (κ3) is 3.94. The number of nitrogens with one attached hydrogen (secondary N) is 1. The summed E-state index contributed by atoms with van der Waals surface area (Å²) in [6.45, 7) is 0.450. The Labute approximate surface area is 124 Å². The van der Waals surface area contributed by atoms with Crippen molar-refractivity contribution in [2.45, 2.75) is 17.7 Å². The molecule has 0 atom stereocenters. The van der Waals surface area contributed by atoms with Gasteiger partial charge in [-0.1, -0.05) is 11.6 Å². The molecule has 110 valence electrons. The van der Waals surface area contributed by atoms with Gasteiger partial charge in [0.15, 0.2) is 0 Å². The molecule has 1 saturated carbocycles. The van der Waals surface area contributed by atoms with E-state index in [-0.39, 0.29) is 17.3 Å². The molecule has 1 aromatic rings. The zero-order valence-corrected chi connectivity index (χ0v) is 12.7. The Kier molecular flexibility index (Phi) is 4.67. The molecule has 1 aliphatic rings. The van der Waals surface area contributed by atoms with Crippen molar-refractivity contribution >= 4 is 27.5 Å². The Balaban J connectivity index is 1.97. The average Bonchev–Trinajstić information content (AvgIpc) is 3.21. The molecule has 1 fully saturated rings. The van der Waals surface area contributed by atoms with Gasteiger partial charge in [-0.15, -0.1) is 0 Å². The van der Waals surface area contributed by atoms with Crippen LogP contribution in [0.2, 0.25) is 5.02 Å². The van der Waals surface area contributed by atoms with E-state index in [1.165, 1.54) is 31.3 Å². The van der Waals surface area contributed by atoms with Crippen molar-refractivity contribution in [2.75, 3.05) is 20.1 Å². The Morgan fingerprint density at radius 2 is 1.95 bits per heavy atom. The Bertz CT molecular complexity index is 582. The summed E-state index contributed by atoms with van der Waals surface area (Å²) in [6.07, 6.45) is 2.28. The van der Waals surface area contributed by atoms with Crippen LogP contribution in [0.15, 0.2) is 29.2 Å². The molecule has 0 aromatic heterocycles. The highest BCUT2D eigenvalue weighted by molar-refractivity contribution is 7.89. The minimum Gasteiger partial charge on any atom is -0.355 e. The summed E-state index contributed by atoms with van der Waals surface area (Å²) in [6, 6.07) is 5.87. The number of nitrogens with zero attached hydrogens (tertiary/aromatic N) is 1. The molecular formula is C13H17ClN2O3S. The lowest BCUT2D eigenvalue weighted by atomic mass is 10.4. The van der Waals surface area contributed by atoms with E-state index in [4.69, 9.17) is 11.6 Å². The van der Waals surface area contributed by atoms with Crippen molar-refractivity contribution in [1.29, 1.82) is 0 Å². The number of rotatable bonds is 6. The second-order valence-corrected chi connectivity index (χ2v) is 7.44. The van der Waals surface area contributed by atoms with Crippen LogP contribution < -0.4 is 5.32 Å². The van der Waals surface area contributed by atoms with Crippen LogP contribution in [-0.2, 0) is 14.8 Å². The molecule has 1 aliphatic carbocycles. The molecule has 7 heteroatoms. The monoisotopic (exact) mass is 316 g/mol. The molecule has 0 radical (unpaired) electrons. The zero-order valence-electron chi connectivity index (χ0n) is 11.2. The molecule has 0 aliphatic heterocycles. The first-order chi connectivity index (χ1) is 9.39. The highest BCUT2D eigenvalue weighted by atomic mass is 35.5. The van der Waals surface area contributed by atoms with E-state index in [0.717, 1.165) is 17.1 Å². The summed E-state index contributed by atoms with van der Waals surface area (Å²) in [5.74, 6) is 0.286. The van der Waals surface area contributed by atoms with Crippen molar-refractivity contribution < 1.29 is 13.2 Å². The topological polar surface area (TPSA) is 66.5 Å². The van der Waals surface area contributed by atoms with Crippen molar-refractivity contribution in [2.24, 2.45) is 5.92 Å². The van der Waals surface area contributed by atoms with Gasteiger partial charge in [0.1, 0.15) is 0 Å². The minimum atomic E-state index is -3.66. The summed E-state index contributed by atoms with van der Waals surface area (Å²) in [7, 11) is -2.27. The van der Waals surface area contributed by atoms with Crippen molar-refractivity contribution in [3.63, 3.8) is 0 Å². The van der Waals surface area contributed by atoms with Gasteiger partial charge >= 0.3 is 0 Å². The third-order valence-corrected chi connectivity index (χ3v) is 5.24. The van der Waals surface area contributed by atoms with Crippen molar-refractivity contribution in [3.05, 3.63) is 29.3 Å². The maximum atomic E-state index is 12.2. The maximum Gasteiger partial charge on any atom is 0.243 e. The van der Waals surface area contributed by atoms with Crippen LogP contribution in [0.4, 0.5) is 0 Å². The molecule has 0 unspecified atom stereocenters. The smallest absolute Gasteiger partial charge is 0.243 e. The lowest BCUT2D eigenvalue weighted by molar-refractivity contribution is -0.121. The normalized spacial score (nSPS) is 15.3. The number of carbonyl (C=O) groups excluding carboxylic acids is 1. The van der Waals surface area contributed by atoms with E-state index in [9.17, 15) is 13.2 Å². The number of amides is 1. The summed E-state index contributed by atoms with van der Waals surface area (Å²) < 4.78 is 25.5. The van der Waals surface area contributed by atoms with Gasteiger partial charge < -0.3 is 5.32 Å². The Morgan fingerprint density at radius 1 is 1.35 bits per heavy atom. The van der Waals surface area contributed by atoms with Crippen LogP contribution in [0.25, 0.3) is 0 Å². The molecule has 0 saturated heterocycles. The van der Waals surface area contributed by atoms with Crippen LogP contribution in [0.5, 0.6) is 0 Å². The molecule has 20 heavy (non-hydrogen) atoms. The predicted molar refractivity (Wildman–Crippen MR) is 77.0 cm³/mol. The van der Waals surface area contributed by atoms with Crippen LogP contribution in [-0.4, -0.2) is 38.8 Å². The largest absolute Gasteiger partial charge is 0.355 e. The molecule has 0 heterocycles. The molecule has 0 bridgehead atoms. The molecule has 5 nitrogen and oxygen atoms in total. The number of hydrogen-bond donors (Lipinski definition) is 1. The fourth-order valence-electron chi connectivity index (χ4n) is 1.71. The molecule has 1 aromatic carbocycles. The van der Waals surface area contributed by atoms with E-state index in [1.54, 1.807) is 0 Å². The fourth-order valence-corrected chi connectivity index (χ4v) is 2.96. The van der Waals surface area contributed by atoms with Gasteiger partial charge in [0.25, 0.3) is 0 Å². The van der Waals surface area contributed by atoms with Gasteiger partial charge in [0, 0.05) is 18.6 Å². The lowest BCUT2D eigenvalue weighted by Crippen LogP contribution is -2.39. The molecule has 0 spiro atoms. The van der Waals surface area contributed by atoms with E-state index >= 15 is 0 Å². The number of carbonyl (C=O) groups is 1. The second-order valence-electron chi connectivity index (χ2n) is 4.96. The predicted octanol–water partition coefficient (Wildman–Crippen LogP) is 1.49. The van der Waals surface area contributed by atoms with Crippen molar-refractivity contribution in [1.82, 2.24) is 9.62 Å². The van der Waals surface area contributed by atoms with E-state index in [2.05, 4.69) is 5.32 Å². The third-order valence-electron chi connectivity index (χ3n) is 3.17. The Hall–Kier alpha value is -1.11. The van der Waals surface area contributed by atoms with E-state index in [0.29, 0.717) is 17.5 Å². The fraction of sp³-hybridized carbons (Fsp3) is 0.462. The summed E-state index contributed by atoms with van der Waals surface area (Å²) in [5, 5.41) is 3.21. The quantitative estimate of drug-likeness (QED) is 0.864. The van der Waals surface area contributed by atoms with Gasteiger partial charge in [-0.3, -0.25) is 4.79 Å². The SMILES string of the molecule is CN(CC(=O)NCC1CC1)S(=O)(=O)c1ccc(Cl)cc1. The zero-order chi connectivity index (χ0) is 14.8. The van der Waals surface area contributed by atoms with Crippen LogP contribution in [0.3, 0.4) is 0 Å². The Morgan fingerprint density at radius 3 is 2.50 bits per heavy atom. The summed E-state index contributed by atoms with van der Waals surface area (Å²) in [5.41, 5.74) is 0. The number of halogens is 1. The van der Waals surface area contributed by atoms with Gasteiger partial charge in [-0.05, 0) is 43.0 Å². The first-order valence-corrected chi connectivity index (χ1v) is 8.20. The highest BCUT2D eigenvalue weighted by Gasteiger charge is 2.25. The molecular weight excluding hydrogens is 300 g/mol.